The fourth-order valence-corrected chi connectivity index (χ4v) is 2.00. The van der Waals surface area contributed by atoms with Crippen molar-refractivity contribution in [2.45, 2.75) is 13.3 Å². The Labute approximate surface area is 104 Å². The van der Waals surface area contributed by atoms with Gasteiger partial charge in [0.15, 0.2) is 11.3 Å². The molecule has 3 nitrogen and oxygen atoms in total. The normalized spacial score (nSPS) is 10.9. The minimum absolute atomic E-state index is 0.360. The molecule has 0 unspecified atom stereocenters. The van der Waals surface area contributed by atoms with Crippen LogP contribution >= 0.6 is 0 Å². The highest BCUT2D eigenvalue weighted by Gasteiger charge is 2.17. The fourth-order valence-electron chi connectivity index (χ4n) is 2.00. The van der Waals surface area contributed by atoms with Crippen molar-refractivity contribution >= 4 is 17.1 Å². The van der Waals surface area contributed by atoms with Crippen molar-refractivity contribution in [1.82, 2.24) is 0 Å². The van der Waals surface area contributed by atoms with Crippen LogP contribution in [0.4, 0.5) is 0 Å². The van der Waals surface area contributed by atoms with Gasteiger partial charge in [0.2, 0.25) is 0 Å². The van der Waals surface area contributed by atoms with E-state index < -0.39 is 0 Å². The SMILES string of the molecule is CCc1cc2cc(OC(=O)c3ccccc3)c1o2. The van der Waals surface area contributed by atoms with Gasteiger partial charge in [-0.2, -0.15) is 0 Å². The van der Waals surface area contributed by atoms with Gasteiger partial charge in [-0.1, -0.05) is 25.1 Å². The highest BCUT2D eigenvalue weighted by molar-refractivity contribution is 5.92. The average molecular weight is 240 g/mol. The molecule has 0 saturated heterocycles. The third kappa shape index (κ3) is 1.74. The van der Waals surface area contributed by atoms with E-state index in [0.29, 0.717) is 16.9 Å². The van der Waals surface area contributed by atoms with Gasteiger partial charge in [-0.05, 0) is 24.6 Å². The Morgan fingerprint density at radius 3 is 2.67 bits per heavy atom. The first-order chi connectivity index (χ1) is 8.78. The van der Waals surface area contributed by atoms with E-state index in [9.17, 15) is 4.79 Å². The van der Waals surface area contributed by atoms with Gasteiger partial charge in [0.1, 0.15) is 5.58 Å². The van der Waals surface area contributed by atoms with Crippen molar-refractivity contribution in [1.29, 1.82) is 0 Å². The lowest BCUT2D eigenvalue weighted by molar-refractivity contribution is 0.0736. The summed E-state index contributed by atoms with van der Waals surface area (Å²) in [5.74, 6) is 0.153. The summed E-state index contributed by atoms with van der Waals surface area (Å²) in [6.45, 7) is 2.04. The number of carbonyl (C=O) groups excluding carboxylic acids is 1. The van der Waals surface area contributed by atoms with E-state index >= 15 is 0 Å². The molecule has 0 N–H and O–H groups in total. The van der Waals surface area contributed by atoms with Gasteiger partial charge in [-0.15, -0.1) is 0 Å². The monoisotopic (exact) mass is 240 g/mol. The van der Waals surface area contributed by atoms with Crippen molar-refractivity contribution in [2.24, 2.45) is 0 Å². The zero-order valence-electron chi connectivity index (χ0n) is 9.97. The summed E-state index contributed by atoms with van der Waals surface area (Å²) >= 11 is 0. The number of carbonyl (C=O) groups is 1. The summed E-state index contributed by atoms with van der Waals surface area (Å²) in [4.78, 5) is 11.9. The Hall–Kier alpha value is -2.29. The molecule has 0 saturated carbocycles. The summed E-state index contributed by atoms with van der Waals surface area (Å²) in [5, 5.41) is 0. The number of hydrogen-bond donors (Lipinski definition) is 0. The van der Waals surface area contributed by atoms with Gasteiger partial charge in [0.05, 0.1) is 5.56 Å². The maximum Gasteiger partial charge on any atom is 0.343 e. The van der Waals surface area contributed by atoms with Crippen molar-refractivity contribution in [3.63, 3.8) is 0 Å². The molecule has 2 aromatic heterocycles. The van der Waals surface area contributed by atoms with Crippen LogP contribution in [0, 0.1) is 0 Å². The molecule has 2 bridgehead atoms. The predicted molar refractivity (Wildman–Crippen MR) is 68.2 cm³/mol. The van der Waals surface area contributed by atoms with Gasteiger partial charge >= 0.3 is 5.97 Å². The van der Waals surface area contributed by atoms with E-state index in [1.165, 1.54) is 0 Å². The van der Waals surface area contributed by atoms with E-state index in [0.717, 1.165) is 17.6 Å². The topological polar surface area (TPSA) is 39.4 Å². The second kappa shape index (κ2) is 4.18. The molecule has 18 heavy (non-hydrogen) atoms. The minimum atomic E-state index is -0.360. The first kappa shape index (κ1) is 10.8. The summed E-state index contributed by atoms with van der Waals surface area (Å²) in [6, 6.07) is 12.6. The minimum Gasteiger partial charge on any atom is -0.453 e. The maximum absolute atomic E-state index is 11.9. The van der Waals surface area contributed by atoms with Crippen LogP contribution in [0.5, 0.6) is 5.75 Å². The second-order valence-electron chi connectivity index (χ2n) is 4.12. The van der Waals surface area contributed by atoms with Crippen molar-refractivity contribution in [3.8, 4) is 5.75 Å². The van der Waals surface area contributed by atoms with Crippen LogP contribution in [0.3, 0.4) is 0 Å². The van der Waals surface area contributed by atoms with E-state index in [1.807, 2.05) is 31.2 Å². The third-order valence-electron chi connectivity index (χ3n) is 2.92. The van der Waals surface area contributed by atoms with E-state index in [4.69, 9.17) is 9.15 Å². The number of hydrogen-bond acceptors (Lipinski definition) is 3. The Bertz CT molecular complexity index is 667. The zero-order chi connectivity index (χ0) is 12.5. The lowest BCUT2D eigenvalue weighted by Gasteiger charge is -2.03. The molecule has 3 aromatic rings. The van der Waals surface area contributed by atoms with Gasteiger partial charge in [0.25, 0.3) is 0 Å². The third-order valence-corrected chi connectivity index (χ3v) is 2.92. The number of esters is 1. The second-order valence-corrected chi connectivity index (χ2v) is 4.12. The summed E-state index contributed by atoms with van der Waals surface area (Å²) in [7, 11) is 0. The average Bonchev–Trinajstić information content (AvgIpc) is 2.99. The van der Waals surface area contributed by atoms with E-state index in [2.05, 4.69) is 0 Å². The number of furan rings is 2. The molecule has 3 rings (SSSR count). The smallest absolute Gasteiger partial charge is 0.343 e. The fraction of sp³-hybridized carbons (Fsp3) is 0.133. The molecule has 0 aliphatic rings. The summed E-state index contributed by atoms with van der Waals surface area (Å²) < 4.78 is 10.9. The molecule has 0 radical (unpaired) electrons. The zero-order valence-corrected chi connectivity index (χ0v) is 9.97. The Morgan fingerprint density at radius 2 is 2.00 bits per heavy atom. The van der Waals surface area contributed by atoms with Gasteiger partial charge in [-0.25, -0.2) is 4.79 Å². The molecular formula is C15H12O3. The molecule has 0 fully saturated rings. The Balaban J connectivity index is 1.88. The summed E-state index contributed by atoms with van der Waals surface area (Å²) in [5.41, 5.74) is 3.03. The lowest BCUT2D eigenvalue weighted by Crippen LogP contribution is -2.08. The number of ether oxygens (including phenoxy) is 1. The van der Waals surface area contributed by atoms with Gasteiger partial charge in [0, 0.05) is 11.6 Å². The van der Waals surface area contributed by atoms with Crippen molar-refractivity contribution in [3.05, 3.63) is 53.6 Å². The van der Waals surface area contributed by atoms with Crippen LogP contribution in [0.1, 0.15) is 22.8 Å². The first-order valence-electron chi connectivity index (χ1n) is 5.90. The molecule has 0 amide bonds. The molecule has 0 atom stereocenters. The highest BCUT2D eigenvalue weighted by atomic mass is 16.5. The number of rotatable bonds is 3. The number of aryl methyl sites for hydroxylation is 1. The van der Waals surface area contributed by atoms with Gasteiger partial charge in [-0.3, -0.25) is 0 Å². The Morgan fingerprint density at radius 1 is 1.22 bits per heavy atom. The van der Waals surface area contributed by atoms with Crippen LogP contribution in [0.2, 0.25) is 0 Å². The van der Waals surface area contributed by atoms with Crippen LogP contribution in [-0.2, 0) is 6.42 Å². The maximum atomic E-state index is 11.9. The van der Waals surface area contributed by atoms with Crippen LogP contribution in [0.25, 0.3) is 11.2 Å². The molecule has 0 aliphatic carbocycles. The number of benzene rings is 2. The molecule has 2 heterocycles. The van der Waals surface area contributed by atoms with Crippen LogP contribution in [0.15, 0.2) is 46.9 Å². The van der Waals surface area contributed by atoms with Crippen LogP contribution in [-0.4, -0.2) is 5.97 Å². The van der Waals surface area contributed by atoms with Crippen molar-refractivity contribution in [2.75, 3.05) is 0 Å². The standard InChI is InChI=1S/C15H12O3/c1-2-10-8-12-9-13(14(10)17-12)18-15(16)11-6-4-3-5-7-11/h3-9H,2H2,1H3. The number of fused-ring (bicyclic) bond motifs is 2. The largest absolute Gasteiger partial charge is 0.453 e. The first-order valence-corrected chi connectivity index (χ1v) is 5.90. The van der Waals surface area contributed by atoms with Crippen LogP contribution < -0.4 is 4.74 Å². The molecule has 1 aromatic carbocycles. The quantitative estimate of drug-likeness (QED) is 0.518. The highest BCUT2D eigenvalue weighted by Crippen LogP contribution is 2.33. The van der Waals surface area contributed by atoms with Gasteiger partial charge < -0.3 is 9.15 Å². The predicted octanol–water partition coefficient (Wildman–Crippen LogP) is 3.65. The van der Waals surface area contributed by atoms with E-state index in [1.54, 1.807) is 18.2 Å². The summed E-state index contributed by atoms with van der Waals surface area (Å²) in [6.07, 6.45) is 0.860. The molecule has 0 spiro atoms. The lowest BCUT2D eigenvalue weighted by atomic mass is 10.1. The van der Waals surface area contributed by atoms with E-state index in [-0.39, 0.29) is 5.97 Å². The molecule has 0 aliphatic heterocycles. The molecular weight excluding hydrogens is 228 g/mol. The molecule has 90 valence electrons. The van der Waals surface area contributed by atoms with Crippen molar-refractivity contribution < 1.29 is 13.9 Å². The Kier molecular flexibility index (Phi) is 2.52. The molecule has 3 heteroatoms.